The van der Waals surface area contributed by atoms with E-state index in [1.165, 1.54) is 19.2 Å². The Morgan fingerprint density at radius 2 is 1.03 bits per heavy atom. The van der Waals surface area contributed by atoms with Crippen molar-refractivity contribution in [2.45, 2.75) is 110 Å². The molecule has 0 radical (unpaired) electrons. The molecule has 346 valence electrons. The Hall–Kier alpha value is -6.78. The van der Waals surface area contributed by atoms with Gasteiger partial charge >= 0.3 is 41.8 Å². The summed E-state index contributed by atoms with van der Waals surface area (Å²) in [5.41, 5.74) is -0.274. The topological polar surface area (TPSA) is 281 Å². The molecule has 3 aromatic rings. The second-order valence-corrected chi connectivity index (χ2v) is 14.3. The molecule has 0 spiro atoms. The number of hydrogen-bond acceptors (Lipinski definition) is 22. The maximum Gasteiger partial charge on any atom is 0.303 e. The van der Waals surface area contributed by atoms with E-state index in [1.54, 1.807) is 24.3 Å². The Balaban J connectivity index is 1.60. The summed E-state index contributed by atoms with van der Waals surface area (Å²) in [4.78, 5) is 100. The molecule has 3 heterocycles. The van der Waals surface area contributed by atoms with Crippen LogP contribution in [0.1, 0.15) is 48.5 Å². The Bertz CT molecular complexity index is 2280. The molecule has 0 bridgehead atoms. The average molecular weight is 903 g/mol. The Morgan fingerprint density at radius 1 is 0.562 bits per heavy atom. The lowest BCUT2D eigenvalue weighted by Crippen LogP contribution is -2.67. The van der Waals surface area contributed by atoms with Gasteiger partial charge in [0.05, 0.1) is 7.11 Å². The van der Waals surface area contributed by atoms with Crippen LogP contribution in [0, 0.1) is 0 Å². The first-order valence-electron chi connectivity index (χ1n) is 19.5. The highest BCUT2D eigenvalue weighted by Crippen LogP contribution is 2.38. The number of ether oxygens (including phenoxy) is 12. The van der Waals surface area contributed by atoms with Crippen LogP contribution < -0.4 is 14.9 Å². The van der Waals surface area contributed by atoms with Crippen LogP contribution in [0.3, 0.4) is 0 Å². The molecule has 22 heteroatoms. The van der Waals surface area contributed by atoms with Crippen molar-refractivity contribution >= 4 is 52.8 Å². The molecule has 1 aromatic heterocycles. The molecule has 0 aliphatic carbocycles. The summed E-state index contributed by atoms with van der Waals surface area (Å²) in [6.07, 6.45) is -17.1. The fourth-order valence-electron chi connectivity index (χ4n) is 6.91. The predicted molar refractivity (Wildman–Crippen MR) is 210 cm³/mol. The third-order valence-electron chi connectivity index (χ3n) is 9.30. The highest BCUT2D eigenvalue weighted by molar-refractivity contribution is 5.86. The smallest absolute Gasteiger partial charge is 0.303 e. The highest BCUT2D eigenvalue weighted by Gasteiger charge is 2.58. The molecule has 2 saturated heterocycles. The first-order valence-corrected chi connectivity index (χ1v) is 19.5. The molecule has 0 saturated carbocycles. The third kappa shape index (κ3) is 12.2. The van der Waals surface area contributed by atoms with Gasteiger partial charge in [0.25, 0.3) is 0 Å². The molecule has 0 amide bonds. The molecule has 5 rings (SSSR count). The van der Waals surface area contributed by atoms with Crippen LogP contribution in [-0.4, -0.2) is 129 Å². The number of rotatable bonds is 15. The zero-order chi connectivity index (χ0) is 47.0. The number of esters is 7. The summed E-state index contributed by atoms with van der Waals surface area (Å²) in [5, 5.41) is 10.8. The van der Waals surface area contributed by atoms with Gasteiger partial charge in [-0.2, -0.15) is 0 Å². The summed E-state index contributed by atoms with van der Waals surface area (Å²) < 4.78 is 74.2. The molecule has 2 aromatic carbocycles. The van der Waals surface area contributed by atoms with E-state index < -0.39 is 128 Å². The van der Waals surface area contributed by atoms with Gasteiger partial charge in [0.1, 0.15) is 65.5 Å². The van der Waals surface area contributed by atoms with Crippen molar-refractivity contribution in [2.75, 3.05) is 20.3 Å². The van der Waals surface area contributed by atoms with E-state index in [0.717, 1.165) is 54.5 Å². The molecule has 0 unspecified atom stereocenters. The van der Waals surface area contributed by atoms with Gasteiger partial charge in [0, 0.05) is 72.2 Å². The maximum atomic E-state index is 13.2. The highest BCUT2D eigenvalue weighted by atomic mass is 16.8. The van der Waals surface area contributed by atoms with E-state index in [9.17, 15) is 43.5 Å². The average Bonchev–Trinajstić information content (AvgIpc) is 3.19. The van der Waals surface area contributed by atoms with Gasteiger partial charge in [-0.3, -0.25) is 38.4 Å². The van der Waals surface area contributed by atoms with Crippen LogP contribution in [0.2, 0.25) is 0 Å². The molecule has 1 N–H and O–H groups in total. The van der Waals surface area contributed by atoms with Crippen LogP contribution in [-0.2, 0) is 80.9 Å². The lowest BCUT2D eigenvalue weighted by Gasteiger charge is -2.48. The van der Waals surface area contributed by atoms with Gasteiger partial charge < -0.3 is 66.4 Å². The Kier molecular flexibility index (Phi) is 15.9. The fourth-order valence-corrected chi connectivity index (χ4v) is 6.91. The van der Waals surface area contributed by atoms with Crippen molar-refractivity contribution in [2.24, 2.45) is 0 Å². The monoisotopic (exact) mass is 902 g/mol. The fraction of sp³-hybridized carbons (Fsp3) is 0.476. The molecule has 10 atom stereocenters. The summed E-state index contributed by atoms with van der Waals surface area (Å²) in [5.74, 6) is -6.50. The van der Waals surface area contributed by atoms with E-state index in [1.807, 2.05) is 0 Å². The minimum Gasteiger partial charge on any atom is -0.507 e. The van der Waals surface area contributed by atoms with Gasteiger partial charge in [0.2, 0.25) is 12.4 Å². The van der Waals surface area contributed by atoms with Crippen molar-refractivity contribution < 1.29 is 99.9 Å². The van der Waals surface area contributed by atoms with Crippen molar-refractivity contribution in [3.63, 3.8) is 0 Å². The van der Waals surface area contributed by atoms with Crippen LogP contribution in [0.4, 0.5) is 0 Å². The first-order chi connectivity index (χ1) is 30.2. The van der Waals surface area contributed by atoms with E-state index in [0.29, 0.717) is 11.3 Å². The summed E-state index contributed by atoms with van der Waals surface area (Å²) in [6, 6.07) is 10.0. The molecular weight excluding hydrogens is 856 g/mol. The van der Waals surface area contributed by atoms with Crippen LogP contribution in [0.15, 0.2) is 51.7 Å². The van der Waals surface area contributed by atoms with E-state index in [2.05, 4.69) is 0 Å². The normalized spacial score (nSPS) is 25.2. The van der Waals surface area contributed by atoms with Crippen LogP contribution in [0.5, 0.6) is 17.2 Å². The quantitative estimate of drug-likeness (QED) is 0.169. The van der Waals surface area contributed by atoms with Gasteiger partial charge in [-0.05, 0) is 24.3 Å². The number of aromatic hydroxyl groups is 1. The van der Waals surface area contributed by atoms with E-state index in [4.69, 9.17) is 61.3 Å². The van der Waals surface area contributed by atoms with E-state index >= 15 is 0 Å². The van der Waals surface area contributed by atoms with Crippen LogP contribution in [0.25, 0.3) is 22.3 Å². The van der Waals surface area contributed by atoms with Crippen LogP contribution >= 0.6 is 0 Å². The summed E-state index contributed by atoms with van der Waals surface area (Å²) >= 11 is 0. The number of phenolic OH excluding ortho intramolecular Hbond substituents is 1. The van der Waals surface area contributed by atoms with Crippen molar-refractivity contribution in [3.8, 4) is 28.6 Å². The van der Waals surface area contributed by atoms with Gasteiger partial charge in [0.15, 0.2) is 36.1 Å². The SMILES string of the molecule is COc1ccc(-c2cc(=O)c3c(O)cc(O[C@@H]4O[C@H](COC(C)=O)[C@@H](O[C@@H]5O[C@H](COC(C)=O)[C@H](OC(C)=O)[C@H](OC(C)=O)[C@H]5OC(C)=O)[C@H](OC(C)=O)[C@H]4OC(C)=O)cc3o2)cc1. The van der Waals surface area contributed by atoms with E-state index in [-0.39, 0.29) is 22.5 Å². The third-order valence-corrected chi connectivity index (χ3v) is 9.30. The number of phenols is 1. The lowest BCUT2D eigenvalue weighted by molar-refractivity contribution is -0.354. The number of carbonyl (C=O) groups is 7. The minimum atomic E-state index is -1.90. The van der Waals surface area contributed by atoms with Gasteiger partial charge in [-0.15, -0.1) is 0 Å². The Labute approximate surface area is 363 Å². The maximum absolute atomic E-state index is 13.2. The lowest BCUT2D eigenvalue weighted by atomic mass is 9.96. The molecular formula is C42H46O22. The van der Waals surface area contributed by atoms with Crippen molar-refractivity contribution in [3.05, 3.63) is 52.7 Å². The molecule has 64 heavy (non-hydrogen) atoms. The van der Waals surface area contributed by atoms with Gasteiger partial charge in [-0.1, -0.05) is 0 Å². The first kappa shape index (κ1) is 48.3. The standard InChI is InChI=1S/C42H46O22/c1-18(43)53-16-32-35(55-20(3)45)37(56-21(4)46)40(59-24(7)49)42(63-32)64-36-33(17-54-19(2)44)62-41(39(58-23(6)48)38(36)57-22(5)47)60-27-13-28(50)34-29(51)15-30(61-31(34)14-27)25-9-11-26(52-8)12-10-25/h9-15,32-33,35-42,50H,16-17H2,1-8H3/t32-,33-,35+,36-,37+,38+,39-,40-,41-,42+/m1/s1. The predicted octanol–water partition coefficient (Wildman–Crippen LogP) is 2.17. The Morgan fingerprint density at radius 3 is 1.55 bits per heavy atom. The second kappa shape index (κ2) is 21.1. The minimum absolute atomic E-state index is 0.113. The molecule has 2 aliphatic heterocycles. The molecule has 2 aliphatic rings. The van der Waals surface area contributed by atoms with Crippen molar-refractivity contribution in [1.29, 1.82) is 0 Å². The summed E-state index contributed by atoms with van der Waals surface area (Å²) in [7, 11) is 1.49. The molecule has 22 nitrogen and oxygen atoms in total. The van der Waals surface area contributed by atoms with Crippen molar-refractivity contribution in [1.82, 2.24) is 0 Å². The number of methoxy groups -OCH3 is 1. The zero-order valence-electron chi connectivity index (χ0n) is 35.7. The molecule has 2 fully saturated rings. The number of carbonyl (C=O) groups excluding carboxylic acids is 7. The largest absolute Gasteiger partial charge is 0.507 e. The summed E-state index contributed by atoms with van der Waals surface area (Å²) in [6.45, 7) is 5.89. The number of fused-ring (bicyclic) bond motifs is 1. The zero-order valence-corrected chi connectivity index (χ0v) is 35.7. The number of benzene rings is 2. The second-order valence-electron chi connectivity index (χ2n) is 14.3. The number of hydrogen-bond donors (Lipinski definition) is 1. The van der Waals surface area contributed by atoms with Gasteiger partial charge in [-0.25, -0.2) is 0 Å².